The van der Waals surface area contributed by atoms with Gasteiger partial charge in [0.05, 0.1) is 6.04 Å². The molecule has 0 aliphatic heterocycles. The van der Waals surface area contributed by atoms with E-state index in [1.54, 1.807) is 31.2 Å². The molecule has 158 valence electrons. The minimum Gasteiger partial charge on any atom is -0.485 e. The highest BCUT2D eigenvalue weighted by Crippen LogP contribution is 2.19. The smallest absolute Gasteiger partial charge is 0.251 e. The number of amides is 1. The van der Waals surface area contributed by atoms with Gasteiger partial charge in [-0.05, 0) is 55.9 Å². The second-order valence-corrected chi connectivity index (χ2v) is 7.33. The second-order valence-electron chi connectivity index (χ2n) is 7.33. The van der Waals surface area contributed by atoms with Crippen molar-refractivity contribution < 1.29 is 14.1 Å². The molecule has 3 aromatic rings. The van der Waals surface area contributed by atoms with Gasteiger partial charge >= 0.3 is 0 Å². The van der Waals surface area contributed by atoms with E-state index in [0.29, 0.717) is 29.6 Å². The Morgan fingerprint density at radius 2 is 1.83 bits per heavy atom. The highest BCUT2D eigenvalue weighted by molar-refractivity contribution is 5.94. The number of hydrogen-bond acceptors (Lipinski definition) is 6. The number of carbonyl (C=O) groups is 1. The van der Waals surface area contributed by atoms with Gasteiger partial charge in [-0.1, -0.05) is 36.3 Å². The van der Waals surface area contributed by atoms with Crippen LogP contribution < -0.4 is 10.1 Å². The van der Waals surface area contributed by atoms with Crippen LogP contribution in [0.25, 0.3) is 0 Å². The first-order chi connectivity index (χ1) is 14.5. The van der Waals surface area contributed by atoms with Crippen LogP contribution in [0.2, 0.25) is 0 Å². The van der Waals surface area contributed by atoms with Crippen molar-refractivity contribution in [2.45, 2.75) is 32.9 Å². The van der Waals surface area contributed by atoms with Gasteiger partial charge in [0.2, 0.25) is 11.7 Å². The number of hydrogen-bond donors (Lipinski definition) is 1. The Morgan fingerprint density at radius 1 is 1.13 bits per heavy atom. The lowest BCUT2D eigenvalue weighted by atomic mass is 10.0. The van der Waals surface area contributed by atoms with Crippen molar-refractivity contribution in [1.29, 1.82) is 0 Å². The summed E-state index contributed by atoms with van der Waals surface area (Å²) in [6.07, 6.45) is 1.01. The Bertz CT molecular complexity index is 949. The SMILES string of the molecule is CCc1ccc([C@@H](CNC(=O)c2ccc(OCc3noc(C)n3)cc2)N(C)C)cc1. The molecule has 7 heteroatoms. The molecular weight excluding hydrogens is 380 g/mol. The molecule has 1 heterocycles. The standard InChI is InChI=1S/C23H28N4O3/c1-5-17-6-8-18(9-7-17)21(27(3)4)14-24-23(28)19-10-12-20(13-11-19)29-15-22-25-16(2)30-26-22/h6-13,21H,5,14-15H2,1-4H3,(H,24,28)/t21-/m1/s1. The largest absolute Gasteiger partial charge is 0.485 e. The molecule has 0 unspecified atom stereocenters. The van der Waals surface area contributed by atoms with Crippen LogP contribution in [0, 0.1) is 6.92 Å². The number of nitrogens with one attached hydrogen (secondary N) is 1. The normalized spacial score (nSPS) is 12.0. The number of likely N-dealkylation sites (N-methyl/N-ethyl adjacent to an activating group) is 1. The van der Waals surface area contributed by atoms with E-state index >= 15 is 0 Å². The van der Waals surface area contributed by atoms with Crippen molar-refractivity contribution >= 4 is 5.91 Å². The molecule has 2 aromatic carbocycles. The molecule has 3 rings (SSSR count). The number of benzene rings is 2. The van der Waals surface area contributed by atoms with Crippen LogP contribution >= 0.6 is 0 Å². The van der Waals surface area contributed by atoms with Crippen molar-refractivity contribution in [2.75, 3.05) is 20.6 Å². The summed E-state index contributed by atoms with van der Waals surface area (Å²) in [5.74, 6) is 1.50. The quantitative estimate of drug-likeness (QED) is 0.583. The average Bonchev–Trinajstić information content (AvgIpc) is 3.18. The molecule has 0 saturated carbocycles. The predicted molar refractivity (Wildman–Crippen MR) is 114 cm³/mol. The van der Waals surface area contributed by atoms with E-state index in [2.05, 4.69) is 51.5 Å². The third kappa shape index (κ3) is 5.67. The Balaban J connectivity index is 1.56. The van der Waals surface area contributed by atoms with E-state index in [9.17, 15) is 4.79 Å². The Kier molecular flexibility index (Phi) is 7.19. The summed E-state index contributed by atoms with van der Waals surface area (Å²) < 4.78 is 10.5. The van der Waals surface area contributed by atoms with E-state index in [-0.39, 0.29) is 18.6 Å². The van der Waals surface area contributed by atoms with Crippen molar-refractivity contribution in [3.63, 3.8) is 0 Å². The predicted octanol–water partition coefficient (Wildman–Crippen LogP) is 3.55. The molecule has 0 saturated heterocycles. The number of rotatable bonds is 9. The fourth-order valence-electron chi connectivity index (χ4n) is 3.12. The number of aromatic nitrogens is 2. The zero-order chi connectivity index (χ0) is 21.5. The summed E-state index contributed by atoms with van der Waals surface area (Å²) in [6, 6.07) is 15.6. The monoisotopic (exact) mass is 408 g/mol. The third-order valence-electron chi connectivity index (χ3n) is 4.91. The van der Waals surface area contributed by atoms with E-state index in [4.69, 9.17) is 9.26 Å². The van der Waals surface area contributed by atoms with E-state index < -0.39 is 0 Å². The molecule has 0 spiro atoms. The molecule has 0 aliphatic carbocycles. The topological polar surface area (TPSA) is 80.5 Å². The molecule has 0 radical (unpaired) electrons. The van der Waals surface area contributed by atoms with Crippen LogP contribution in [-0.2, 0) is 13.0 Å². The number of aryl methyl sites for hydroxylation is 2. The van der Waals surface area contributed by atoms with E-state index in [1.165, 1.54) is 11.1 Å². The van der Waals surface area contributed by atoms with Gasteiger partial charge in [0.1, 0.15) is 5.75 Å². The van der Waals surface area contributed by atoms with Gasteiger partial charge in [-0.25, -0.2) is 0 Å². The highest BCUT2D eigenvalue weighted by Gasteiger charge is 2.16. The van der Waals surface area contributed by atoms with E-state index in [0.717, 1.165) is 6.42 Å². The van der Waals surface area contributed by atoms with Gasteiger partial charge in [-0.3, -0.25) is 4.79 Å². The van der Waals surface area contributed by atoms with Gasteiger partial charge < -0.3 is 19.5 Å². The van der Waals surface area contributed by atoms with Crippen LogP contribution in [0.5, 0.6) is 5.75 Å². The number of carbonyl (C=O) groups excluding carboxylic acids is 1. The summed E-state index contributed by atoms with van der Waals surface area (Å²) in [5, 5.41) is 6.82. The fraction of sp³-hybridized carbons (Fsp3) is 0.348. The Hall–Kier alpha value is -3.19. The first-order valence-electron chi connectivity index (χ1n) is 10.0. The summed E-state index contributed by atoms with van der Waals surface area (Å²) in [5.41, 5.74) is 3.06. The summed E-state index contributed by atoms with van der Waals surface area (Å²) in [6.45, 7) is 4.60. The molecule has 0 aliphatic rings. The minimum absolute atomic E-state index is 0.0980. The molecular formula is C23H28N4O3. The highest BCUT2D eigenvalue weighted by atomic mass is 16.5. The van der Waals surface area contributed by atoms with Gasteiger partial charge in [0, 0.05) is 19.0 Å². The molecule has 7 nitrogen and oxygen atoms in total. The second kappa shape index (κ2) is 10.0. The lowest BCUT2D eigenvalue weighted by molar-refractivity contribution is 0.0942. The zero-order valence-electron chi connectivity index (χ0n) is 17.9. The molecule has 30 heavy (non-hydrogen) atoms. The van der Waals surface area contributed by atoms with E-state index in [1.807, 2.05) is 14.1 Å². The molecule has 0 fully saturated rings. The summed E-state index contributed by atoms with van der Waals surface area (Å²) in [7, 11) is 4.03. The van der Waals surface area contributed by atoms with Crippen LogP contribution in [0.3, 0.4) is 0 Å². The molecule has 1 N–H and O–H groups in total. The van der Waals surface area contributed by atoms with Crippen molar-refractivity contribution in [1.82, 2.24) is 20.4 Å². The maximum Gasteiger partial charge on any atom is 0.251 e. The van der Waals surface area contributed by atoms with Gasteiger partial charge in [0.25, 0.3) is 5.91 Å². The van der Waals surface area contributed by atoms with Crippen molar-refractivity contribution in [3.05, 3.63) is 76.9 Å². The molecule has 0 bridgehead atoms. The van der Waals surface area contributed by atoms with Gasteiger partial charge in [-0.15, -0.1) is 0 Å². The van der Waals surface area contributed by atoms with Crippen molar-refractivity contribution in [3.8, 4) is 5.75 Å². The maximum absolute atomic E-state index is 12.6. The van der Waals surface area contributed by atoms with Crippen LogP contribution in [0.15, 0.2) is 53.1 Å². The molecule has 1 aromatic heterocycles. The average molecular weight is 409 g/mol. The van der Waals surface area contributed by atoms with Crippen LogP contribution in [0.1, 0.15) is 46.2 Å². The fourth-order valence-corrected chi connectivity index (χ4v) is 3.12. The van der Waals surface area contributed by atoms with Gasteiger partial charge in [0.15, 0.2) is 6.61 Å². The minimum atomic E-state index is -0.118. The number of ether oxygens (including phenoxy) is 1. The lowest BCUT2D eigenvalue weighted by Gasteiger charge is -2.25. The van der Waals surface area contributed by atoms with Crippen LogP contribution in [0.4, 0.5) is 0 Å². The number of nitrogens with zero attached hydrogens (tertiary/aromatic N) is 3. The summed E-state index contributed by atoms with van der Waals surface area (Å²) >= 11 is 0. The maximum atomic E-state index is 12.6. The summed E-state index contributed by atoms with van der Waals surface area (Å²) in [4.78, 5) is 18.8. The first-order valence-corrected chi connectivity index (χ1v) is 10.0. The first kappa shape index (κ1) is 21.5. The zero-order valence-corrected chi connectivity index (χ0v) is 17.9. The lowest BCUT2D eigenvalue weighted by Crippen LogP contribution is -2.34. The van der Waals surface area contributed by atoms with Crippen LogP contribution in [-0.4, -0.2) is 41.6 Å². The van der Waals surface area contributed by atoms with Gasteiger partial charge in [-0.2, -0.15) is 4.98 Å². The molecule has 1 amide bonds. The molecule has 1 atom stereocenters. The Morgan fingerprint density at radius 3 is 2.40 bits per heavy atom. The van der Waals surface area contributed by atoms with Crippen molar-refractivity contribution in [2.24, 2.45) is 0 Å². The third-order valence-corrected chi connectivity index (χ3v) is 4.91. The Labute approximate surface area is 177 Å².